The number of allylic oxidation sites excluding steroid dienone is 1. The summed E-state index contributed by atoms with van der Waals surface area (Å²) in [7, 11) is 0. The molecule has 0 aliphatic heterocycles. The van der Waals surface area contributed by atoms with Gasteiger partial charge in [0.25, 0.3) is 0 Å². The lowest BCUT2D eigenvalue weighted by atomic mass is 9.83. The van der Waals surface area contributed by atoms with E-state index >= 15 is 0 Å². The molecule has 0 unspecified atom stereocenters. The highest BCUT2D eigenvalue weighted by molar-refractivity contribution is 5.03. The molecule has 2 atom stereocenters. The van der Waals surface area contributed by atoms with Gasteiger partial charge >= 0.3 is 0 Å². The number of hydrogen-bond acceptors (Lipinski definition) is 1. The molecule has 0 amide bonds. The van der Waals surface area contributed by atoms with Crippen LogP contribution in [0.3, 0.4) is 0 Å². The SMILES string of the molecule is C[C@H](O)/C=C/[C@@H](C1CCCCC1)n1cccc1. The third-order valence-corrected chi connectivity index (χ3v) is 3.69. The Morgan fingerprint density at radius 2 is 1.76 bits per heavy atom. The monoisotopic (exact) mass is 233 g/mol. The van der Waals surface area contributed by atoms with E-state index in [1.54, 1.807) is 0 Å². The van der Waals surface area contributed by atoms with Gasteiger partial charge < -0.3 is 9.67 Å². The van der Waals surface area contributed by atoms with Crippen molar-refractivity contribution in [3.8, 4) is 0 Å². The fraction of sp³-hybridized carbons (Fsp3) is 0.600. The van der Waals surface area contributed by atoms with Crippen LogP contribution in [-0.4, -0.2) is 15.8 Å². The van der Waals surface area contributed by atoms with Gasteiger partial charge in [-0.15, -0.1) is 0 Å². The van der Waals surface area contributed by atoms with Gasteiger partial charge in [0.05, 0.1) is 12.1 Å². The van der Waals surface area contributed by atoms with E-state index in [2.05, 4.69) is 35.2 Å². The molecule has 0 radical (unpaired) electrons. The Morgan fingerprint density at radius 3 is 2.35 bits per heavy atom. The minimum Gasteiger partial charge on any atom is -0.389 e. The fourth-order valence-electron chi connectivity index (χ4n) is 2.80. The van der Waals surface area contributed by atoms with Gasteiger partial charge in [-0.1, -0.05) is 31.4 Å². The summed E-state index contributed by atoms with van der Waals surface area (Å²) in [4.78, 5) is 0. The Balaban J connectivity index is 2.11. The molecule has 0 spiro atoms. The van der Waals surface area contributed by atoms with Crippen LogP contribution in [0.4, 0.5) is 0 Å². The Morgan fingerprint density at radius 1 is 1.12 bits per heavy atom. The number of aliphatic hydroxyl groups is 1. The van der Waals surface area contributed by atoms with Crippen LogP contribution in [0.5, 0.6) is 0 Å². The first kappa shape index (κ1) is 12.4. The predicted molar refractivity (Wildman–Crippen MR) is 70.9 cm³/mol. The molecule has 0 saturated heterocycles. The first-order valence-corrected chi connectivity index (χ1v) is 6.76. The molecular formula is C15H23NO. The van der Waals surface area contributed by atoms with E-state index < -0.39 is 0 Å². The molecule has 94 valence electrons. The molecule has 17 heavy (non-hydrogen) atoms. The largest absolute Gasteiger partial charge is 0.389 e. The molecule has 1 saturated carbocycles. The summed E-state index contributed by atoms with van der Waals surface area (Å²) >= 11 is 0. The quantitative estimate of drug-likeness (QED) is 0.790. The zero-order valence-electron chi connectivity index (χ0n) is 10.6. The number of aromatic nitrogens is 1. The van der Waals surface area contributed by atoms with Crippen LogP contribution in [0.15, 0.2) is 36.7 Å². The van der Waals surface area contributed by atoms with Crippen LogP contribution in [0.2, 0.25) is 0 Å². The van der Waals surface area contributed by atoms with Crippen molar-refractivity contribution in [3.63, 3.8) is 0 Å². The molecule has 1 heterocycles. The van der Waals surface area contributed by atoms with Crippen molar-refractivity contribution in [1.82, 2.24) is 4.57 Å². The van der Waals surface area contributed by atoms with Crippen LogP contribution >= 0.6 is 0 Å². The average molecular weight is 233 g/mol. The van der Waals surface area contributed by atoms with Crippen molar-refractivity contribution in [2.24, 2.45) is 5.92 Å². The summed E-state index contributed by atoms with van der Waals surface area (Å²) in [5.74, 6) is 0.728. The van der Waals surface area contributed by atoms with E-state index in [4.69, 9.17) is 0 Å². The van der Waals surface area contributed by atoms with Crippen molar-refractivity contribution in [1.29, 1.82) is 0 Å². The molecule has 2 nitrogen and oxygen atoms in total. The third-order valence-electron chi connectivity index (χ3n) is 3.69. The lowest BCUT2D eigenvalue weighted by Crippen LogP contribution is -2.19. The van der Waals surface area contributed by atoms with Crippen molar-refractivity contribution in [2.45, 2.75) is 51.2 Å². The van der Waals surface area contributed by atoms with Gasteiger partial charge in [-0.25, -0.2) is 0 Å². The first-order valence-electron chi connectivity index (χ1n) is 6.76. The van der Waals surface area contributed by atoms with Crippen molar-refractivity contribution < 1.29 is 5.11 Å². The van der Waals surface area contributed by atoms with Gasteiger partial charge in [-0.05, 0) is 37.8 Å². The molecular weight excluding hydrogens is 210 g/mol. The van der Waals surface area contributed by atoms with E-state index in [-0.39, 0.29) is 6.10 Å². The highest BCUT2D eigenvalue weighted by atomic mass is 16.3. The van der Waals surface area contributed by atoms with E-state index in [0.717, 1.165) is 5.92 Å². The van der Waals surface area contributed by atoms with Gasteiger partial charge in [-0.2, -0.15) is 0 Å². The number of aliphatic hydroxyl groups excluding tert-OH is 1. The third kappa shape index (κ3) is 3.47. The minimum atomic E-state index is -0.350. The number of hydrogen-bond donors (Lipinski definition) is 1. The minimum absolute atomic E-state index is 0.350. The van der Waals surface area contributed by atoms with E-state index in [9.17, 15) is 5.11 Å². The van der Waals surface area contributed by atoms with Crippen molar-refractivity contribution >= 4 is 0 Å². The number of rotatable bonds is 4. The summed E-state index contributed by atoms with van der Waals surface area (Å²) in [6.45, 7) is 1.81. The molecule has 2 rings (SSSR count). The van der Waals surface area contributed by atoms with Crippen LogP contribution in [0, 0.1) is 5.92 Å². The van der Waals surface area contributed by atoms with E-state index in [1.807, 2.05) is 13.0 Å². The summed E-state index contributed by atoms with van der Waals surface area (Å²) in [6, 6.07) is 4.57. The predicted octanol–water partition coefficient (Wildman–Crippen LogP) is 3.55. The second kappa shape index (κ2) is 6.06. The highest BCUT2D eigenvalue weighted by Crippen LogP contribution is 2.33. The summed E-state index contributed by atoms with van der Waals surface area (Å²) in [6.07, 6.45) is 14.7. The molecule has 0 bridgehead atoms. The van der Waals surface area contributed by atoms with Gasteiger partial charge in [0.1, 0.15) is 0 Å². The van der Waals surface area contributed by atoms with Crippen LogP contribution in [0.25, 0.3) is 0 Å². The number of nitrogens with zero attached hydrogens (tertiary/aromatic N) is 1. The maximum atomic E-state index is 9.40. The first-order chi connectivity index (χ1) is 8.27. The maximum absolute atomic E-state index is 9.40. The fourth-order valence-corrected chi connectivity index (χ4v) is 2.80. The lowest BCUT2D eigenvalue weighted by Gasteiger charge is -2.29. The molecule has 1 aliphatic carbocycles. The standard InChI is InChI=1S/C15H23NO/c1-13(17)9-10-15(16-11-5-6-12-16)14-7-3-2-4-8-14/h5-6,9-15,17H,2-4,7-8H2,1H3/b10-9+/t13-,15-/m0/s1. The highest BCUT2D eigenvalue weighted by Gasteiger charge is 2.22. The lowest BCUT2D eigenvalue weighted by molar-refractivity contribution is 0.240. The Hall–Kier alpha value is -1.02. The maximum Gasteiger partial charge on any atom is 0.0693 e. The molecule has 1 aromatic rings. The second-order valence-corrected chi connectivity index (χ2v) is 5.14. The Bertz CT molecular complexity index is 334. The molecule has 1 aromatic heterocycles. The van der Waals surface area contributed by atoms with Crippen molar-refractivity contribution in [3.05, 3.63) is 36.7 Å². The van der Waals surface area contributed by atoms with Crippen LogP contribution in [0.1, 0.15) is 45.1 Å². The molecule has 1 fully saturated rings. The van der Waals surface area contributed by atoms with Crippen LogP contribution in [-0.2, 0) is 0 Å². The molecule has 2 heteroatoms. The Kier molecular flexibility index (Phi) is 4.43. The topological polar surface area (TPSA) is 25.2 Å². The van der Waals surface area contributed by atoms with Gasteiger partial charge in [0.15, 0.2) is 0 Å². The summed E-state index contributed by atoms with van der Waals surface area (Å²) in [5.41, 5.74) is 0. The normalized spacial score (nSPS) is 21.8. The Labute approximate surface area is 104 Å². The second-order valence-electron chi connectivity index (χ2n) is 5.14. The average Bonchev–Trinajstić information content (AvgIpc) is 2.84. The van der Waals surface area contributed by atoms with Crippen LogP contribution < -0.4 is 0 Å². The molecule has 0 aromatic carbocycles. The molecule has 1 N–H and O–H groups in total. The zero-order valence-corrected chi connectivity index (χ0v) is 10.6. The zero-order chi connectivity index (χ0) is 12.1. The van der Waals surface area contributed by atoms with Gasteiger partial charge in [-0.3, -0.25) is 0 Å². The summed E-state index contributed by atoms with van der Waals surface area (Å²) < 4.78 is 2.27. The summed E-state index contributed by atoms with van der Waals surface area (Å²) in [5, 5.41) is 9.40. The van der Waals surface area contributed by atoms with Crippen molar-refractivity contribution in [2.75, 3.05) is 0 Å². The van der Waals surface area contributed by atoms with E-state index in [0.29, 0.717) is 6.04 Å². The molecule has 1 aliphatic rings. The smallest absolute Gasteiger partial charge is 0.0693 e. The van der Waals surface area contributed by atoms with Gasteiger partial charge in [0.2, 0.25) is 0 Å². The van der Waals surface area contributed by atoms with E-state index in [1.165, 1.54) is 32.1 Å². The van der Waals surface area contributed by atoms with Gasteiger partial charge in [0, 0.05) is 12.4 Å².